The van der Waals surface area contributed by atoms with Crippen molar-refractivity contribution in [2.45, 2.75) is 38.8 Å². The Hall–Kier alpha value is -4.76. The number of aromatic nitrogens is 1. The van der Waals surface area contributed by atoms with E-state index in [1.165, 1.54) is 25.1 Å². The standard InChI is InChI=1S/C31H27ClN2O7/c1-16-21-13-24(32)28(14-27(21)41-31(39)22(16)10-18-6-4-3-5-7-18)40-17(2)29(36)34-26(30(37)38)11-19-15-33-25-9-8-20(35)12-23(19)25/h3-9,12-15,17,26,33,35H,10-11H2,1-2H3,(H,34,36)(H,37,38)/t17-,26-/m0/s1. The first-order chi connectivity index (χ1) is 19.6. The number of phenolic OH excluding ortho intramolecular Hbond substituents is 1. The first-order valence-corrected chi connectivity index (χ1v) is 13.3. The molecule has 3 aromatic carbocycles. The van der Waals surface area contributed by atoms with Crippen molar-refractivity contribution in [3.05, 3.63) is 105 Å². The van der Waals surface area contributed by atoms with Crippen LogP contribution in [0.25, 0.3) is 21.9 Å². The van der Waals surface area contributed by atoms with Crippen molar-refractivity contribution in [3.63, 3.8) is 0 Å². The number of carbonyl (C=O) groups is 2. The molecule has 1 amide bonds. The molecule has 10 heteroatoms. The van der Waals surface area contributed by atoms with Gasteiger partial charge in [0.1, 0.15) is 23.1 Å². The van der Waals surface area contributed by atoms with Gasteiger partial charge in [0.2, 0.25) is 0 Å². The Balaban J connectivity index is 1.33. The van der Waals surface area contributed by atoms with E-state index in [2.05, 4.69) is 10.3 Å². The fourth-order valence-electron chi connectivity index (χ4n) is 4.77. The van der Waals surface area contributed by atoms with E-state index >= 15 is 0 Å². The predicted molar refractivity (Wildman–Crippen MR) is 155 cm³/mol. The Morgan fingerprint density at radius 2 is 1.85 bits per heavy atom. The highest BCUT2D eigenvalue weighted by molar-refractivity contribution is 6.32. The largest absolute Gasteiger partial charge is 0.508 e. The first kappa shape index (κ1) is 27.8. The van der Waals surface area contributed by atoms with Crippen molar-refractivity contribution in [1.82, 2.24) is 10.3 Å². The molecule has 0 aliphatic rings. The fraction of sp³-hybridized carbons (Fsp3) is 0.194. The minimum absolute atomic E-state index is 0.0241. The Morgan fingerprint density at radius 1 is 1.10 bits per heavy atom. The zero-order valence-electron chi connectivity index (χ0n) is 22.2. The second-order valence-electron chi connectivity index (χ2n) is 9.84. The Kier molecular flexibility index (Phi) is 7.72. The molecule has 2 atom stereocenters. The maximum Gasteiger partial charge on any atom is 0.340 e. The summed E-state index contributed by atoms with van der Waals surface area (Å²) in [6.45, 7) is 3.29. The van der Waals surface area contributed by atoms with Gasteiger partial charge >= 0.3 is 11.6 Å². The van der Waals surface area contributed by atoms with Crippen LogP contribution in [-0.2, 0) is 22.4 Å². The molecule has 2 aromatic heterocycles. The van der Waals surface area contributed by atoms with E-state index in [9.17, 15) is 24.6 Å². The number of H-pyrrole nitrogens is 1. The van der Waals surface area contributed by atoms with Crippen LogP contribution in [0.4, 0.5) is 0 Å². The zero-order valence-corrected chi connectivity index (χ0v) is 23.0. The maximum atomic E-state index is 12.9. The van der Waals surface area contributed by atoms with Gasteiger partial charge in [-0.3, -0.25) is 4.79 Å². The molecule has 0 saturated carbocycles. The minimum atomic E-state index is -1.26. The summed E-state index contributed by atoms with van der Waals surface area (Å²) >= 11 is 6.50. The molecule has 5 rings (SSSR count). The average molecular weight is 575 g/mol. The van der Waals surface area contributed by atoms with E-state index in [1.807, 2.05) is 37.3 Å². The van der Waals surface area contributed by atoms with E-state index in [0.29, 0.717) is 28.3 Å². The summed E-state index contributed by atoms with van der Waals surface area (Å²) in [6, 6.07) is 16.1. The number of carboxylic acid groups (broad SMARTS) is 1. The number of rotatable bonds is 9. The van der Waals surface area contributed by atoms with Crippen LogP contribution in [0.1, 0.15) is 29.2 Å². The van der Waals surface area contributed by atoms with Gasteiger partial charge in [0, 0.05) is 47.0 Å². The van der Waals surface area contributed by atoms with E-state index < -0.39 is 29.6 Å². The summed E-state index contributed by atoms with van der Waals surface area (Å²) in [7, 11) is 0. The van der Waals surface area contributed by atoms with Crippen LogP contribution in [-0.4, -0.2) is 39.2 Å². The lowest BCUT2D eigenvalue weighted by Crippen LogP contribution is -2.47. The van der Waals surface area contributed by atoms with Crippen molar-refractivity contribution < 1.29 is 29.0 Å². The Morgan fingerprint density at radius 3 is 2.59 bits per heavy atom. The lowest BCUT2D eigenvalue weighted by molar-refractivity contribution is -0.142. The second-order valence-corrected chi connectivity index (χ2v) is 10.2. The van der Waals surface area contributed by atoms with Crippen molar-refractivity contribution in [2.75, 3.05) is 0 Å². The SMILES string of the molecule is Cc1c(Cc2ccccc2)c(=O)oc2cc(O[C@@H](C)C(=O)N[C@@H](Cc3c[nH]c4ccc(O)cc34)C(=O)O)c(Cl)cc12. The van der Waals surface area contributed by atoms with Gasteiger partial charge in [0.15, 0.2) is 6.10 Å². The van der Waals surface area contributed by atoms with Crippen LogP contribution in [0.2, 0.25) is 5.02 Å². The lowest BCUT2D eigenvalue weighted by atomic mass is 9.99. The van der Waals surface area contributed by atoms with Crippen LogP contribution < -0.4 is 15.7 Å². The number of fused-ring (bicyclic) bond motifs is 2. The molecule has 2 heterocycles. The molecular weight excluding hydrogens is 548 g/mol. The molecule has 41 heavy (non-hydrogen) atoms. The number of benzene rings is 3. The number of aromatic amines is 1. The molecule has 0 bridgehead atoms. The summed E-state index contributed by atoms with van der Waals surface area (Å²) in [5.74, 6) is -1.75. The molecule has 0 fully saturated rings. The van der Waals surface area contributed by atoms with Gasteiger partial charge in [-0.25, -0.2) is 9.59 Å². The average Bonchev–Trinajstić information content (AvgIpc) is 3.33. The number of aliphatic carboxylic acids is 1. The van der Waals surface area contributed by atoms with Gasteiger partial charge in [0.05, 0.1) is 5.02 Å². The maximum absolute atomic E-state index is 12.9. The van der Waals surface area contributed by atoms with E-state index in [4.69, 9.17) is 20.8 Å². The summed E-state index contributed by atoms with van der Waals surface area (Å²) in [5, 5.41) is 23.6. The third kappa shape index (κ3) is 5.90. The van der Waals surface area contributed by atoms with Crippen LogP contribution >= 0.6 is 11.6 Å². The number of hydrogen-bond donors (Lipinski definition) is 4. The number of hydrogen-bond acceptors (Lipinski definition) is 6. The van der Waals surface area contributed by atoms with Gasteiger partial charge in [-0.1, -0.05) is 41.9 Å². The predicted octanol–water partition coefficient (Wildman–Crippen LogP) is 5.11. The number of halogens is 1. The van der Waals surface area contributed by atoms with Crippen molar-refractivity contribution in [1.29, 1.82) is 0 Å². The number of amides is 1. The van der Waals surface area contributed by atoms with E-state index in [0.717, 1.165) is 16.6 Å². The van der Waals surface area contributed by atoms with Crippen molar-refractivity contribution in [3.8, 4) is 11.5 Å². The highest BCUT2D eigenvalue weighted by atomic mass is 35.5. The molecular formula is C31H27ClN2O7. The molecule has 210 valence electrons. The monoisotopic (exact) mass is 574 g/mol. The van der Waals surface area contributed by atoms with Gasteiger partial charge in [0.25, 0.3) is 5.91 Å². The number of aromatic hydroxyl groups is 1. The molecule has 9 nitrogen and oxygen atoms in total. The molecule has 0 aliphatic carbocycles. The summed E-state index contributed by atoms with van der Waals surface area (Å²) in [5.41, 5.74) is 3.34. The number of nitrogens with one attached hydrogen (secondary N) is 2. The third-order valence-corrected chi connectivity index (χ3v) is 7.32. The smallest absolute Gasteiger partial charge is 0.340 e. The first-order valence-electron chi connectivity index (χ1n) is 12.9. The topological polar surface area (TPSA) is 142 Å². The van der Waals surface area contributed by atoms with Crippen molar-refractivity contribution >= 4 is 45.3 Å². The normalized spacial score (nSPS) is 12.8. The molecule has 4 N–H and O–H groups in total. The minimum Gasteiger partial charge on any atom is -0.508 e. The molecule has 0 radical (unpaired) electrons. The van der Waals surface area contributed by atoms with Crippen molar-refractivity contribution in [2.24, 2.45) is 0 Å². The van der Waals surface area contributed by atoms with Gasteiger partial charge in [-0.05, 0) is 54.8 Å². The molecule has 5 aromatic rings. The third-order valence-electron chi connectivity index (χ3n) is 7.03. The molecule has 0 aliphatic heterocycles. The Labute approximate surface area is 239 Å². The summed E-state index contributed by atoms with van der Waals surface area (Å²) in [6.07, 6.45) is 0.901. The zero-order chi connectivity index (χ0) is 29.3. The van der Waals surface area contributed by atoms with E-state index in [-0.39, 0.29) is 28.5 Å². The van der Waals surface area contributed by atoms with Gasteiger partial charge in [-0.15, -0.1) is 0 Å². The summed E-state index contributed by atoms with van der Waals surface area (Å²) in [4.78, 5) is 40.8. The molecule has 0 spiro atoms. The number of ether oxygens (including phenoxy) is 1. The number of carboxylic acids is 1. The number of aryl methyl sites for hydroxylation is 1. The lowest BCUT2D eigenvalue weighted by Gasteiger charge is -2.20. The molecule has 0 saturated heterocycles. The van der Waals surface area contributed by atoms with Crippen LogP contribution in [0, 0.1) is 6.92 Å². The van der Waals surface area contributed by atoms with Gasteiger partial charge < -0.3 is 29.7 Å². The second kappa shape index (κ2) is 11.4. The molecule has 0 unspecified atom stereocenters. The summed E-state index contributed by atoms with van der Waals surface area (Å²) < 4.78 is 11.4. The van der Waals surface area contributed by atoms with Gasteiger partial charge in [-0.2, -0.15) is 0 Å². The number of phenols is 1. The van der Waals surface area contributed by atoms with Crippen LogP contribution in [0.15, 0.2) is 76.1 Å². The van der Waals surface area contributed by atoms with Crippen LogP contribution in [0.3, 0.4) is 0 Å². The number of carbonyl (C=O) groups excluding carboxylic acids is 1. The quantitative estimate of drug-likeness (QED) is 0.179. The van der Waals surface area contributed by atoms with Crippen LogP contribution in [0.5, 0.6) is 11.5 Å². The highest BCUT2D eigenvalue weighted by Crippen LogP contribution is 2.33. The highest BCUT2D eigenvalue weighted by Gasteiger charge is 2.26. The van der Waals surface area contributed by atoms with E-state index in [1.54, 1.807) is 18.3 Å². The fourth-order valence-corrected chi connectivity index (χ4v) is 4.98. The Bertz CT molecular complexity index is 1830.